The highest BCUT2D eigenvalue weighted by Gasteiger charge is 2.26. The van der Waals surface area contributed by atoms with Gasteiger partial charge in [-0.05, 0) is 24.1 Å². The van der Waals surface area contributed by atoms with E-state index in [9.17, 15) is 0 Å². The Hall–Kier alpha value is -2.83. The number of nitrogens with zero attached hydrogens (tertiary/aromatic N) is 4. The molecule has 4 heterocycles. The van der Waals surface area contributed by atoms with E-state index in [1.807, 2.05) is 12.1 Å². The molecule has 1 atom stereocenters. The summed E-state index contributed by atoms with van der Waals surface area (Å²) in [5, 5.41) is 7.13. The maximum Gasteiger partial charge on any atom is 0.161 e. The van der Waals surface area contributed by atoms with Crippen LogP contribution in [0, 0.1) is 0 Å². The fourth-order valence-corrected chi connectivity index (χ4v) is 4.05. The molecule has 28 heavy (non-hydrogen) atoms. The van der Waals surface area contributed by atoms with E-state index in [0.29, 0.717) is 6.04 Å². The van der Waals surface area contributed by atoms with Gasteiger partial charge in [-0.2, -0.15) is 0 Å². The fourth-order valence-electron chi connectivity index (χ4n) is 4.05. The Bertz CT molecular complexity index is 944. The van der Waals surface area contributed by atoms with Crippen LogP contribution >= 0.6 is 0 Å². The Morgan fingerprint density at radius 3 is 2.75 bits per heavy atom. The van der Waals surface area contributed by atoms with Crippen molar-refractivity contribution >= 4 is 5.82 Å². The van der Waals surface area contributed by atoms with Crippen molar-refractivity contribution in [2.75, 3.05) is 18.4 Å². The molecule has 6 nitrogen and oxygen atoms in total. The summed E-state index contributed by atoms with van der Waals surface area (Å²) in [7, 11) is 0. The second-order valence-electron chi connectivity index (χ2n) is 7.51. The smallest absolute Gasteiger partial charge is 0.161 e. The fraction of sp³-hybridized carbons (Fsp3) is 0.318. The summed E-state index contributed by atoms with van der Waals surface area (Å²) in [4.78, 5) is 16.3. The highest BCUT2D eigenvalue weighted by molar-refractivity contribution is 5.60. The molecule has 0 bridgehead atoms. The predicted molar refractivity (Wildman–Crippen MR) is 110 cm³/mol. The molecule has 0 spiro atoms. The molecule has 2 aliphatic rings. The standard InChI is InChI=1S/C22H24N6/c1-2-4-16(5-3-1)14-28-11-8-18(15-28)25-22-19-12-24-13-20(19)26-21(27-22)17-6-9-23-10-7-17/h1-7,9-10,18,24H,8,11-15H2,(H,25,26,27)/t18-/m1/s1. The van der Waals surface area contributed by atoms with Gasteiger partial charge in [0, 0.05) is 62.3 Å². The van der Waals surface area contributed by atoms with Crippen LogP contribution in [0.1, 0.15) is 23.2 Å². The van der Waals surface area contributed by atoms with E-state index in [0.717, 1.165) is 62.0 Å². The van der Waals surface area contributed by atoms with Gasteiger partial charge in [-0.3, -0.25) is 9.88 Å². The molecule has 142 valence electrons. The molecule has 5 rings (SSSR count). The quantitative estimate of drug-likeness (QED) is 0.718. The summed E-state index contributed by atoms with van der Waals surface area (Å²) in [5.74, 6) is 1.75. The minimum atomic E-state index is 0.411. The number of hydrogen-bond donors (Lipinski definition) is 2. The monoisotopic (exact) mass is 372 g/mol. The molecule has 3 aromatic rings. The number of pyridine rings is 1. The lowest BCUT2D eigenvalue weighted by Crippen LogP contribution is -2.27. The van der Waals surface area contributed by atoms with Gasteiger partial charge in [0.25, 0.3) is 0 Å². The third kappa shape index (κ3) is 3.61. The molecule has 0 unspecified atom stereocenters. The first kappa shape index (κ1) is 17.3. The van der Waals surface area contributed by atoms with E-state index < -0.39 is 0 Å². The van der Waals surface area contributed by atoms with Crippen molar-refractivity contribution < 1.29 is 0 Å². The van der Waals surface area contributed by atoms with E-state index in [2.05, 4.69) is 50.8 Å². The number of likely N-dealkylation sites (tertiary alicyclic amines) is 1. The summed E-state index contributed by atoms with van der Waals surface area (Å²) in [6.07, 6.45) is 4.70. The van der Waals surface area contributed by atoms with Crippen LogP contribution in [0.25, 0.3) is 11.4 Å². The number of hydrogen-bond acceptors (Lipinski definition) is 6. The Balaban J connectivity index is 1.33. The lowest BCUT2D eigenvalue weighted by atomic mass is 10.2. The highest BCUT2D eigenvalue weighted by atomic mass is 15.2. The van der Waals surface area contributed by atoms with Gasteiger partial charge < -0.3 is 10.6 Å². The normalized spacial score (nSPS) is 18.9. The molecular weight excluding hydrogens is 348 g/mol. The van der Waals surface area contributed by atoms with E-state index in [4.69, 9.17) is 9.97 Å². The zero-order valence-corrected chi connectivity index (χ0v) is 15.8. The van der Waals surface area contributed by atoms with E-state index in [1.165, 1.54) is 11.1 Å². The second kappa shape index (κ2) is 7.66. The van der Waals surface area contributed by atoms with Crippen LogP contribution < -0.4 is 10.6 Å². The van der Waals surface area contributed by atoms with Crippen LogP contribution in [-0.4, -0.2) is 39.0 Å². The number of benzene rings is 1. The van der Waals surface area contributed by atoms with Crippen molar-refractivity contribution in [2.24, 2.45) is 0 Å². The average molecular weight is 372 g/mol. The lowest BCUT2D eigenvalue weighted by molar-refractivity contribution is 0.328. The molecular formula is C22H24N6. The lowest BCUT2D eigenvalue weighted by Gasteiger charge is -2.19. The number of aromatic nitrogens is 3. The molecule has 0 radical (unpaired) electrons. The van der Waals surface area contributed by atoms with Crippen molar-refractivity contribution in [1.82, 2.24) is 25.2 Å². The SMILES string of the molecule is c1ccc(CN2CC[C@@H](Nc3nc(-c4ccncc4)nc4c3CNC4)C2)cc1. The molecule has 2 aromatic heterocycles. The van der Waals surface area contributed by atoms with Gasteiger partial charge >= 0.3 is 0 Å². The van der Waals surface area contributed by atoms with Crippen molar-refractivity contribution in [3.05, 3.63) is 71.7 Å². The van der Waals surface area contributed by atoms with Crippen molar-refractivity contribution in [1.29, 1.82) is 0 Å². The number of fused-ring (bicyclic) bond motifs is 1. The average Bonchev–Trinajstić information content (AvgIpc) is 3.39. The van der Waals surface area contributed by atoms with Gasteiger partial charge in [-0.15, -0.1) is 0 Å². The highest BCUT2D eigenvalue weighted by Crippen LogP contribution is 2.27. The summed E-state index contributed by atoms with van der Waals surface area (Å²) in [6, 6.07) is 15.0. The van der Waals surface area contributed by atoms with E-state index in [-0.39, 0.29) is 0 Å². The molecule has 2 N–H and O–H groups in total. The van der Waals surface area contributed by atoms with Gasteiger partial charge in [0.05, 0.1) is 5.69 Å². The Kier molecular flexibility index (Phi) is 4.72. The number of anilines is 1. The summed E-state index contributed by atoms with van der Waals surface area (Å²) < 4.78 is 0. The summed E-state index contributed by atoms with van der Waals surface area (Å²) in [5.41, 5.74) is 4.68. The molecule has 0 saturated carbocycles. The zero-order chi connectivity index (χ0) is 18.8. The third-order valence-electron chi connectivity index (χ3n) is 5.49. The van der Waals surface area contributed by atoms with Gasteiger partial charge in [-0.25, -0.2) is 9.97 Å². The van der Waals surface area contributed by atoms with Crippen LogP contribution in [0.5, 0.6) is 0 Å². The van der Waals surface area contributed by atoms with Gasteiger partial charge in [-0.1, -0.05) is 30.3 Å². The minimum absolute atomic E-state index is 0.411. The van der Waals surface area contributed by atoms with Crippen LogP contribution in [0.2, 0.25) is 0 Å². The molecule has 1 saturated heterocycles. The summed E-state index contributed by atoms with van der Waals surface area (Å²) in [6.45, 7) is 4.77. The second-order valence-corrected chi connectivity index (χ2v) is 7.51. The first-order chi connectivity index (χ1) is 13.8. The van der Waals surface area contributed by atoms with E-state index in [1.54, 1.807) is 12.4 Å². The molecule has 0 aliphatic carbocycles. The number of nitrogens with one attached hydrogen (secondary N) is 2. The van der Waals surface area contributed by atoms with Crippen molar-refractivity contribution in [3.63, 3.8) is 0 Å². The Morgan fingerprint density at radius 2 is 1.89 bits per heavy atom. The Morgan fingerprint density at radius 1 is 1.04 bits per heavy atom. The largest absolute Gasteiger partial charge is 0.366 e. The number of rotatable bonds is 5. The minimum Gasteiger partial charge on any atom is -0.366 e. The molecule has 1 fully saturated rings. The van der Waals surface area contributed by atoms with Gasteiger partial charge in [0.2, 0.25) is 0 Å². The predicted octanol–water partition coefficient (Wildman–Crippen LogP) is 2.83. The maximum absolute atomic E-state index is 4.88. The van der Waals surface area contributed by atoms with Crippen LogP contribution in [0.15, 0.2) is 54.9 Å². The van der Waals surface area contributed by atoms with Crippen LogP contribution in [0.4, 0.5) is 5.82 Å². The zero-order valence-electron chi connectivity index (χ0n) is 15.8. The van der Waals surface area contributed by atoms with Crippen LogP contribution in [0.3, 0.4) is 0 Å². The first-order valence-corrected chi connectivity index (χ1v) is 9.89. The van der Waals surface area contributed by atoms with E-state index >= 15 is 0 Å². The van der Waals surface area contributed by atoms with Crippen molar-refractivity contribution in [2.45, 2.75) is 32.1 Å². The molecule has 6 heteroatoms. The third-order valence-corrected chi connectivity index (χ3v) is 5.49. The molecule has 2 aliphatic heterocycles. The molecule has 1 aromatic carbocycles. The summed E-state index contributed by atoms with van der Waals surface area (Å²) >= 11 is 0. The Labute approximate surface area is 165 Å². The van der Waals surface area contributed by atoms with Crippen molar-refractivity contribution in [3.8, 4) is 11.4 Å². The van der Waals surface area contributed by atoms with Gasteiger partial charge in [0.1, 0.15) is 5.82 Å². The topological polar surface area (TPSA) is 66.0 Å². The van der Waals surface area contributed by atoms with Gasteiger partial charge in [0.15, 0.2) is 5.82 Å². The maximum atomic E-state index is 4.88. The molecule has 0 amide bonds. The van der Waals surface area contributed by atoms with Crippen LogP contribution in [-0.2, 0) is 19.6 Å². The first-order valence-electron chi connectivity index (χ1n) is 9.89.